The third-order valence-electron chi connectivity index (χ3n) is 6.11. The van der Waals surface area contributed by atoms with Crippen LogP contribution in [0.25, 0.3) is 0 Å². The molecular weight excluding hydrogens is 336 g/mol. The summed E-state index contributed by atoms with van der Waals surface area (Å²) in [5.74, 6) is -1.66. The van der Waals surface area contributed by atoms with Crippen molar-refractivity contribution >= 4 is 11.9 Å². The Labute approximate surface area is 154 Å². The molecule has 3 fully saturated rings. The summed E-state index contributed by atoms with van der Waals surface area (Å²) in [5.41, 5.74) is 0.314. The Balaban J connectivity index is 1.97. The maximum absolute atomic E-state index is 12.4. The zero-order valence-corrected chi connectivity index (χ0v) is 15.9. The van der Waals surface area contributed by atoms with Crippen molar-refractivity contribution < 1.29 is 28.9 Å². The molecule has 0 aromatic carbocycles. The number of aliphatic hydroxyl groups is 1. The van der Waals surface area contributed by atoms with Crippen molar-refractivity contribution in [1.29, 1.82) is 0 Å². The van der Waals surface area contributed by atoms with E-state index in [0.717, 1.165) is 19.3 Å². The maximum atomic E-state index is 12.4. The first-order valence-corrected chi connectivity index (χ1v) is 9.29. The molecular formula is C20H28O6. The van der Waals surface area contributed by atoms with Crippen LogP contribution in [0.15, 0.2) is 23.8 Å². The molecule has 6 heteroatoms. The third-order valence-corrected chi connectivity index (χ3v) is 6.11. The molecule has 3 aliphatic rings. The molecule has 0 amide bonds. The molecule has 0 unspecified atom stereocenters. The summed E-state index contributed by atoms with van der Waals surface area (Å²) in [6.07, 6.45) is 1.50. The van der Waals surface area contributed by atoms with Gasteiger partial charge in [-0.2, -0.15) is 0 Å². The lowest BCUT2D eigenvalue weighted by atomic mass is 9.78. The molecule has 0 aromatic heterocycles. The predicted octanol–water partition coefficient (Wildman–Crippen LogP) is 2.30. The van der Waals surface area contributed by atoms with Crippen molar-refractivity contribution in [3.05, 3.63) is 23.8 Å². The lowest BCUT2D eigenvalue weighted by Crippen LogP contribution is -2.46. The Hall–Kier alpha value is -1.66. The van der Waals surface area contributed by atoms with Crippen molar-refractivity contribution in [2.45, 2.75) is 77.0 Å². The van der Waals surface area contributed by atoms with Gasteiger partial charge >= 0.3 is 11.9 Å². The molecule has 0 aromatic rings. The minimum Gasteiger partial charge on any atom is -0.455 e. The normalized spacial score (nSPS) is 43.2. The first-order chi connectivity index (χ1) is 12.2. The molecule has 0 spiro atoms. The summed E-state index contributed by atoms with van der Waals surface area (Å²) in [6.45, 7) is 11.2. The second-order valence-electron chi connectivity index (χ2n) is 7.97. The highest BCUT2D eigenvalue weighted by Crippen LogP contribution is 2.50. The Morgan fingerprint density at radius 3 is 2.81 bits per heavy atom. The second-order valence-corrected chi connectivity index (χ2v) is 7.97. The number of aliphatic hydroxyl groups excluding tert-OH is 1. The highest BCUT2D eigenvalue weighted by atomic mass is 16.6. The van der Waals surface area contributed by atoms with Crippen LogP contribution in [0.5, 0.6) is 0 Å². The van der Waals surface area contributed by atoms with Crippen LogP contribution in [0.1, 0.15) is 47.0 Å². The van der Waals surface area contributed by atoms with Gasteiger partial charge in [-0.25, -0.2) is 9.59 Å². The minimum absolute atomic E-state index is 0.0475. The summed E-state index contributed by atoms with van der Waals surface area (Å²) >= 11 is 0. The van der Waals surface area contributed by atoms with Gasteiger partial charge in [-0.1, -0.05) is 26.0 Å². The van der Waals surface area contributed by atoms with E-state index in [1.807, 2.05) is 13.8 Å². The van der Waals surface area contributed by atoms with Crippen LogP contribution in [-0.2, 0) is 23.8 Å². The van der Waals surface area contributed by atoms with Gasteiger partial charge in [-0.3, -0.25) is 0 Å². The Bertz CT molecular complexity index is 653. The number of ether oxygens (including phenoxy) is 3. The molecule has 26 heavy (non-hydrogen) atoms. The molecule has 1 aliphatic carbocycles. The molecule has 144 valence electrons. The summed E-state index contributed by atoms with van der Waals surface area (Å²) < 4.78 is 17.2. The summed E-state index contributed by atoms with van der Waals surface area (Å²) in [6, 6.07) is 0. The lowest BCUT2D eigenvalue weighted by molar-refractivity contribution is -0.154. The Morgan fingerprint density at radius 1 is 1.46 bits per heavy atom. The van der Waals surface area contributed by atoms with Crippen LogP contribution in [0.2, 0.25) is 0 Å². The monoisotopic (exact) mass is 364 g/mol. The maximum Gasteiger partial charge on any atom is 0.334 e. The molecule has 3 rings (SSSR count). The Kier molecular flexibility index (Phi) is 5.01. The SMILES string of the molecule is C=C1C(=O)O[C@H]2[C@H](O)[C@H](C)CCC[C@@]3(C)O[C@@H]3[C@H](OC(=O)/C(C)=C\C)[C@@H]12. The average molecular weight is 364 g/mol. The van der Waals surface area contributed by atoms with Gasteiger partial charge in [0.1, 0.15) is 18.3 Å². The van der Waals surface area contributed by atoms with Crippen LogP contribution in [-0.4, -0.2) is 47.1 Å². The smallest absolute Gasteiger partial charge is 0.334 e. The minimum atomic E-state index is -0.838. The van der Waals surface area contributed by atoms with Crippen molar-refractivity contribution in [1.82, 2.24) is 0 Å². The number of hydrogen-bond donors (Lipinski definition) is 1. The molecule has 7 atom stereocenters. The van der Waals surface area contributed by atoms with E-state index in [0.29, 0.717) is 5.57 Å². The highest BCUT2D eigenvalue weighted by Gasteiger charge is 2.63. The zero-order chi connectivity index (χ0) is 19.2. The first-order valence-electron chi connectivity index (χ1n) is 9.29. The highest BCUT2D eigenvalue weighted by molar-refractivity contribution is 5.91. The van der Waals surface area contributed by atoms with Gasteiger partial charge < -0.3 is 19.3 Å². The van der Waals surface area contributed by atoms with Crippen LogP contribution >= 0.6 is 0 Å². The van der Waals surface area contributed by atoms with E-state index in [1.54, 1.807) is 19.9 Å². The van der Waals surface area contributed by atoms with Gasteiger partial charge in [-0.05, 0) is 39.5 Å². The van der Waals surface area contributed by atoms with E-state index < -0.39 is 41.8 Å². The topological polar surface area (TPSA) is 85.4 Å². The fourth-order valence-electron chi connectivity index (χ4n) is 4.07. The number of rotatable bonds is 2. The molecule has 2 saturated heterocycles. The fourth-order valence-corrected chi connectivity index (χ4v) is 4.07. The van der Waals surface area contributed by atoms with Crippen LogP contribution in [0.3, 0.4) is 0 Å². The van der Waals surface area contributed by atoms with Gasteiger partial charge in [0.2, 0.25) is 0 Å². The van der Waals surface area contributed by atoms with Gasteiger partial charge in [0, 0.05) is 11.1 Å². The van der Waals surface area contributed by atoms with Crippen LogP contribution in [0.4, 0.5) is 0 Å². The number of carbonyl (C=O) groups is 2. The number of hydrogen-bond acceptors (Lipinski definition) is 6. The molecule has 0 bridgehead atoms. The van der Waals surface area contributed by atoms with E-state index >= 15 is 0 Å². The van der Waals surface area contributed by atoms with Gasteiger partial charge in [0.15, 0.2) is 0 Å². The summed E-state index contributed by atoms with van der Waals surface area (Å²) in [7, 11) is 0. The molecule has 2 aliphatic heterocycles. The molecule has 6 nitrogen and oxygen atoms in total. The lowest BCUT2D eigenvalue weighted by Gasteiger charge is -2.32. The third kappa shape index (κ3) is 3.21. The summed E-state index contributed by atoms with van der Waals surface area (Å²) in [4.78, 5) is 24.6. The quantitative estimate of drug-likeness (QED) is 0.460. The first kappa shape index (κ1) is 19.1. The van der Waals surface area contributed by atoms with Crippen molar-refractivity contribution in [3.8, 4) is 0 Å². The number of epoxide rings is 1. The molecule has 0 radical (unpaired) electrons. The standard InChI is InChI=1S/C20H28O6/c1-6-10(2)18(22)25-16-13-12(4)19(23)24-15(13)14(21)11(3)8-7-9-20(5)17(16)26-20/h6,11,13-17,21H,4,7-9H2,1-3,5H3/b10-6-/t11-,13+,14-,15-,16-,17-,20-/m1/s1. The number of carbonyl (C=O) groups excluding carboxylic acids is 2. The van der Waals surface area contributed by atoms with Crippen molar-refractivity contribution in [2.24, 2.45) is 11.8 Å². The van der Waals surface area contributed by atoms with Crippen LogP contribution < -0.4 is 0 Å². The second kappa shape index (κ2) is 6.82. The van der Waals surface area contributed by atoms with E-state index in [2.05, 4.69) is 6.58 Å². The Morgan fingerprint density at radius 2 is 2.15 bits per heavy atom. The van der Waals surface area contributed by atoms with Crippen molar-refractivity contribution in [3.63, 3.8) is 0 Å². The molecule has 1 saturated carbocycles. The van der Waals surface area contributed by atoms with E-state index in [-0.39, 0.29) is 17.6 Å². The predicted molar refractivity (Wildman–Crippen MR) is 94.1 cm³/mol. The van der Waals surface area contributed by atoms with Gasteiger partial charge in [-0.15, -0.1) is 0 Å². The number of esters is 2. The molecule has 2 heterocycles. The number of allylic oxidation sites excluding steroid dienone is 1. The van der Waals surface area contributed by atoms with Crippen molar-refractivity contribution in [2.75, 3.05) is 0 Å². The van der Waals surface area contributed by atoms with E-state index in [9.17, 15) is 14.7 Å². The largest absolute Gasteiger partial charge is 0.455 e. The van der Waals surface area contributed by atoms with E-state index in [4.69, 9.17) is 14.2 Å². The van der Waals surface area contributed by atoms with E-state index in [1.165, 1.54) is 0 Å². The number of fused-ring (bicyclic) bond motifs is 2. The fraction of sp³-hybridized carbons (Fsp3) is 0.700. The zero-order valence-electron chi connectivity index (χ0n) is 15.9. The van der Waals surface area contributed by atoms with Gasteiger partial charge in [0.05, 0.1) is 17.6 Å². The molecule has 1 N–H and O–H groups in total. The van der Waals surface area contributed by atoms with Crippen LogP contribution in [0, 0.1) is 11.8 Å². The summed E-state index contributed by atoms with van der Waals surface area (Å²) in [5, 5.41) is 10.8. The van der Waals surface area contributed by atoms with Gasteiger partial charge in [0.25, 0.3) is 0 Å². The average Bonchev–Trinajstić information content (AvgIpc) is 3.18.